The summed E-state index contributed by atoms with van der Waals surface area (Å²) in [5.41, 5.74) is 3.91. The van der Waals surface area contributed by atoms with E-state index in [1.165, 1.54) is 16.7 Å². The molecule has 1 atom stereocenters. The lowest BCUT2D eigenvalue weighted by Crippen LogP contribution is -2.26. The van der Waals surface area contributed by atoms with Crippen molar-refractivity contribution in [1.82, 2.24) is 5.32 Å². The lowest BCUT2D eigenvalue weighted by Gasteiger charge is -2.12. The molecule has 0 aromatic rings. The van der Waals surface area contributed by atoms with Gasteiger partial charge in [-0.15, -0.1) is 0 Å². The molecule has 0 bridgehead atoms. The van der Waals surface area contributed by atoms with Crippen molar-refractivity contribution < 1.29 is 4.79 Å². The molecule has 18 heavy (non-hydrogen) atoms. The molecule has 2 rings (SSSR count). The number of nitrogens with one attached hydrogen (secondary N) is 1. The van der Waals surface area contributed by atoms with Gasteiger partial charge in [-0.1, -0.05) is 37.3 Å². The minimum atomic E-state index is 0.181. The molecule has 2 heteroatoms. The quantitative estimate of drug-likeness (QED) is 0.808. The normalized spacial score (nSPS) is 24.4. The van der Waals surface area contributed by atoms with Crippen molar-refractivity contribution in [2.75, 3.05) is 0 Å². The van der Waals surface area contributed by atoms with Gasteiger partial charge >= 0.3 is 0 Å². The van der Waals surface area contributed by atoms with Crippen molar-refractivity contribution in [3.05, 3.63) is 47.1 Å². The Morgan fingerprint density at radius 3 is 3.00 bits per heavy atom. The van der Waals surface area contributed by atoms with Crippen LogP contribution >= 0.6 is 0 Å². The first kappa shape index (κ1) is 12.9. The molecular formula is C16H21NO. The third-order valence-electron chi connectivity index (χ3n) is 3.54. The predicted molar refractivity (Wildman–Crippen MR) is 75.1 cm³/mol. The van der Waals surface area contributed by atoms with Gasteiger partial charge in [0.05, 0.1) is 6.04 Å². The third kappa shape index (κ3) is 3.00. The van der Waals surface area contributed by atoms with Gasteiger partial charge in [0.2, 0.25) is 5.91 Å². The molecule has 1 fully saturated rings. The van der Waals surface area contributed by atoms with E-state index in [0.717, 1.165) is 19.3 Å². The Bertz CT molecular complexity index is 452. The number of hydrogen-bond donors (Lipinski definition) is 1. The van der Waals surface area contributed by atoms with Crippen LogP contribution in [0.3, 0.4) is 0 Å². The maximum atomic E-state index is 11.3. The van der Waals surface area contributed by atoms with Gasteiger partial charge in [-0.05, 0) is 42.9 Å². The van der Waals surface area contributed by atoms with E-state index in [9.17, 15) is 4.79 Å². The predicted octanol–water partition coefficient (Wildman–Crippen LogP) is 3.43. The Hall–Kier alpha value is -1.57. The van der Waals surface area contributed by atoms with Crippen molar-refractivity contribution >= 4 is 5.91 Å². The Morgan fingerprint density at radius 1 is 1.50 bits per heavy atom. The van der Waals surface area contributed by atoms with Gasteiger partial charge in [-0.3, -0.25) is 4.79 Å². The maximum Gasteiger partial charge on any atom is 0.220 e. The van der Waals surface area contributed by atoms with E-state index < -0.39 is 0 Å². The summed E-state index contributed by atoms with van der Waals surface area (Å²) < 4.78 is 0. The van der Waals surface area contributed by atoms with Gasteiger partial charge < -0.3 is 5.32 Å². The molecule has 0 spiro atoms. The lowest BCUT2D eigenvalue weighted by molar-refractivity contribution is -0.119. The molecule has 1 unspecified atom stereocenters. The van der Waals surface area contributed by atoms with E-state index in [1.807, 2.05) is 0 Å². The van der Waals surface area contributed by atoms with Crippen LogP contribution in [0.1, 0.15) is 39.5 Å². The summed E-state index contributed by atoms with van der Waals surface area (Å²) >= 11 is 0. The first-order chi connectivity index (χ1) is 8.70. The summed E-state index contributed by atoms with van der Waals surface area (Å²) in [4.78, 5) is 11.3. The van der Waals surface area contributed by atoms with E-state index in [0.29, 0.717) is 6.42 Å². The van der Waals surface area contributed by atoms with Crippen LogP contribution in [-0.4, -0.2) is 11.9 Å². The highest BCUT2D eigenvalue weighted by Gasteiger charge is 2.23. The second-order valence-corrected chi connectivity index (χ2v) is 4.92. The summed E-state index contributed by atoms with van der Waals surface area (Å²) in [5, 5.41) is 3.04. The van der Waals surface area contributed by atoms with Crippen LogP contribution < -0.4 is 5.32 Å². The van der Waals surface area contributed by atoms with Crippen LogP contribution in [0, 0.1) is 0 Å². The molecular weight excluding hydrogens is 222 g/mol. The molecule has 1 N–H and O–H groups in total. The highest BCUT2D eigenvalue weighted by molar-refractivity contribution is 5.79. The largest absolute Gasteiger partial charge is 0.350 e. The van der Waals surface area contributed by atoms with Crippen molar-refractivity contribution in [2.24, 2.45) is 0 Å². The minimum Gasteiger partial charge on any atom is -0.350 e. The molecule has 1 aliphatic carbocycles. The number of carbonyl (C=O) groups is 1. The Labute approximate surface area is 109 Å². The molecule has 0 aromatic heterocycles. The zero-order valence-corrected chi connectivity index (χ0v) is 11.2. The molecule has 1 saturated heterocycles. The summed E-state index contributed by atoms with van der Waals surface area (Å²) in [5.74, 6) is 0.181. The van der Waals surface area contributed by atoms with E-state index in [1.54, 1.807) is 0 Å². The van der Waals surface area contributed by atoms with Crippen LogP contribution in [0.25, 0.3) is 0 Å². The molecule has 2 nitrogen and oxygen atoms in total. The topological polar surface area (TPSA) is 29.1 Å². The first-order valence-corrected chi connectivity index (χ1v) is 6.74. The number of carbonyl (C=O) groups excluding carboxylic acids is 1. The number of allylic oxidation sites excluding steroid dienone is 7. The van der Waals surface area contributed by atoms with Gasteiger partial charge in [0.25, 0.3) is 0 Å². The van der Waals surface area contributed by atoms with Gasteiger partial charge in [0, 0.05) is 6.42 Å². The third-order valence-corrected chi connectivity index (χ3v) is 3.54. The van der Waals surface area contributed by atoms with Crippen molar-refractivity contribution in [3.63, 3.8) is 0 Å². The van der Waals surface area contributed by atoms with E-state index >= 15 is 0 Å². The van der Waals surface area contributed by atoms with Crippen LogP contribution in [0.2, 0.25) is 0 Å². The average molecular weight is 243 g/mol. The average Bonchev–Trinajstić information content (AvgIpc) is 2.65. The zero-order chi connectivity index (χ0) is 13.0. The van der Waals surface area contributed by atoms with E-state index in [4.69, 9.17) is 0 Å². The number of amides is 1. The minimum absolute atomic E-state index is 0.181. The second-order valence-electron chi connectivity index (χ2n) is 4.92. The highest BCUT2D eigenvalue weighted by Crippen LogP contribution is 2.23. The van der Waals surface area contributed by atoms with Crippen LogP contribution in [-0.2, 0) is 4.79 Å². The van der Waals surface area contributed by atoms with E-state index in [-0.39, 0.29) is 11.9 Å². The Kier molecular flexibility index (Phi) is 4.19. The Morgan fingerprint density at radius 2 is 2.33 bits per heavy atom. The number of rotatable bonds is 3. The molecule has 1 aliphatic heterocycles. The van der Waals surface area contributed by atoms with Crippen LogP contribution in [0.4, 0.5) is 0 Å². The van der Waals surface area contributed by atoms with Crippen molar-refractivity contribution in [1.29, 1.82) is 0 Å². The molecule has 1 amide bonds. The molecule has 1 heterocycles. The SMILES string of the molecule is CC/C=C(\C)C1=CC=C(C2CCC(=O)N2)CC=C1. The number of hydrogen-bond acceptors (Lipinski definition) is 1. The fourth-order valence-electron chi connectivity index (χ4n) is 2.48. The van der Waals surface area contributed by atoms with Gasteiger partial charge in [0.1, 0.15) is 0 Å². The van der Waals surface area contributed by atoms with Gasteiger partial charge in [0.15, 0.2) is 0 Å². The summed E-state index contributed by atoms with van der Waals surface area (Å²) in [6.07, 6.45) is 14.6. The van der Waals surface area contributed by atoms with Gasteiger partial charge in [-0.25, -0.2) is 0 Å². The van der Waals surface area contributed by atoms with Gasteiger partial charge in [-0.2, -0.15) is 0 Å². The van der Waals surface area contributed by atoms with Crippen molar-refractivity contribution in [3.8, 4) is 0 Å². The summed E-state index contributed by atoms with van der Waals surface area (Å²) in [6.45, 7) is 4.30. The first-order valence-electron chi connectivity index (χ1n) is 6.74. The fraction of sp³-hybridized carbons (Fsp3) is 0.438. The smallest absolute Gasteiger partial charge is 0.220 e. The molecule has 96 valence electrons. The zero-order valence-electron chi connectivity index (χ0n) is 11.2. The Balaban J connectivity index is 2.14. The second kappa shape index (κ2) is 5.85. The molecule has 2 aliphatic rings. The molecule has 0 saturated carbocycles. The van der Waals surface area contributed by atoms with Crippen molar-refractivity contribution in [2.45, 2.75) is 45.6 Å². The highest BCUT2D eigenvalue weighted by atomic mass is 16.1. The fourth-order valence-corrected chi connectivity index (χ4v) is 2.48. The standard InChI is InChI=1S/C16H21NO/c1-3-5-12(2)13-6-4-7-14(9-8-13)15-10-11-16(18)17-15/h4-6,8-9,15H,3,7,10-11H2,1-2H3,(H,17,18)/b12-5+. The monoisotopic (exact) mass is 243 g/mol. The summed E-state index contributed by atoms with van der Waals surface area (Å²) in [6, 6.07) is 0.244. The van der Waals surface area contributed by atoms with Crippen LogP contribution in [0.5, 0.6) is 0 Å². The maximum absolute atomic E-state index is 11.3. The van der Waals surface area contributed by atoms with Crippen LogP contribution in [0.15, 0.2) is 47.1 Å². The molecule has 0 radical (unpaired) electrons. The lowest BCUT2D eigenvalue weighted by atomic mass is 10.0. The summed E-state index contributed by atoms with van der Waals surface area (Å²) in [7, 11) is 0. The van der Waals surface area contributed by atoms with E-state index in [2.05, 4.69) is 49.5 Å². The molecule has 0 aromatic carbocycles.